The van der Waals surface area contributed by atoms with Crippen molar-refractivity contribution in [2.24, 2.45) is 10.2 Å². The highest BCUT2D eigenvalue weighted by Gasteiger charge is 2.00. The summed E-state index contributed by atoms with van der Waals surface area (Å²) in [6, 6.07) is 9.16. The summed E-state index contributed by atoms with van der Waals surface area (Å²) in [5.74, 6) is 0.0801. The van der Waals surface area contributed by atoms with Crippen molar-refractivity contribution in [3.63, 3.8) is 0 Å². The van der Waals surface area contributed by atoms with Gasteiger partial charge in [-0.15, -0.1) is 0 Å². The molecule has 4 N–H and O–H groups in total. The summed E-state index contributed by atoms with van der Waals surface area (Å²) in [6.45, 7) is 0. The van der Waals surface area contributed by atoms with Gasteiger partial charge >= 0.3 is 0 Å². The lowest BCUT2D eigenvalue weighted by Gasteiger charge is -2.03. The van der Waals surface area contributed by atoms with Crippen molar-refractivity contribution >= 4 is 53.0 Å². The van der Waals surface area contributed by atoms with E-state index in [4.69, 9.17) is 35.4 Å². The fourth-order valence-electron chi connectivity index (χ4n) is 1.60. The number of phenolic OH excluding ortho intramolecular Hbond substituents is 2. The van der Waals surface area contributed by atoms with Gasteiger partial charge in [-0.05, 0) is 48.6 Å². The Kier molecular flexibility index (Phi) is 6.36. The van der Waals surface area contributed by atoms with Crippen molar-refractivity contribution in [3.8, 4) is 11.5 Å². The molecule has 0 bridgehead atoms. The number of benzene rings is 2. The zero-order valence-electron chi connectivity index (χ0n) is 12.1. The highest BCUT2D eigenvalue weighted by atomic mass is 35.5. The van der Waals surface area contributed by atoms with Gasteiger partial charge in [0.05, 0.1) is 12.4 Å². The minimum atomic E-state index is 0.0401. The third-order valence-corrected chi connectivity index (χ3v) is 3.37. The maximum absolute atomic E-state index is 9.63. The van der Waals surface area contributed by atoms with Crippen LogP contribution in [0, 0.1) is 0 Å². The number of thiocarbonyl (C=S) groups is 1. The molecular formula is C15H12Cl2N4O2S. The molecule has 0 aliphatic carbocycles. The maximum atomic E-state index is 9.63. The van der Waals surface area contributed by atoms with Crippen molar-refractivity contribution in [2.75, 3.05) is 0 Å². The molecule has 0 heterocycles. The largest absolute Gasteiger partial charge is 0.507 e. The van der Waals surface area contributed by atoms with Gasteiger partial charge in [0, 0.05) is 21.2 Å². The van der Waals surface area contributed by atoms with Crippen LogP contribution in [-0.4, -0.2) is 27.8 Å². The zero-order chi connectivity index (χ0) is 17.5. The number of nitrogens with zero attached hydrogens (tertiary/aromatic N) is 2. The molecule has 2 aromatic rings. The molecule has 0 fully saturated rings. The van der Waals surface area contributed by atoms with Gasteiger partial charge in [0.25, 0.3) is 0 Å². The summed E-state index contributed by atoms with van der Waals surface area (Å²) in [5.41, 5.74) is 5.92. The SMILES string of the molecule is Oc1ccc(Cl)cc1/C=N/NC(=S)N/N=C/c1cc(Cl)ccc1O. The van der Waals surface area contributed by atoms with Crippen LogP contribution in [0.25, 0.3) is 0 Å². The summed E-state index contributed by atoms with van der Waals surface area (Å²) in [4.78, 5) is 0. The number of hydrazone groups is 2. The Bertz CT molecular complexity index is 747. The van der Waals surface area contributed by atoms with Crippen molar-refractivity contribution in [3.05, 3.63) is 57.6 Å². The first-order valence-corrected chi connectivity index (χ1v) is 7.71. The highest BCUT2D eigenvalue weighted by molar-refractivity contribution is 7.80. The van der Waals surface area contributed by atoms with E-state index in [1.165, 1.54) is 24.6 Å². The monoisotopic (exact) mass is 382 g/mol. The second-order valence-electron chi connectivity index (χ2n) is 4.48. The zero-order valence-corrected chi connectivity index (χ0v) is 14.4. The van der Waals surface area contributed by atoms with Crippen LogP contribution < -0.4 is 10.9 Å². The average Bonchev–Trinajstić information content (AvgIpc) is 2.54. The fraction of sp³-hybridized carbons (Fsp3) is 0. The van der Waals surface area contributed by atoms with Gasteiger partial charge in [0.15, 0.2) is 0 Å². The lowest BCUT2D eigenvalue weighted by atomic mass is 10.2. The maximum Gasteiger partial charge on any atom is 0.207 e. The molecule has 0 amide bonds. The molecule has 0 aromatic heterocycles. The number of halogens is 2. The van der Waals surface area contributed by atoms with Gasteiger partial charge in [0.1, 0.15) is 11.5 Å². The van der Waals surface area contributed by atoms with E-state index in [-0.39, 0.29) is 16.6 Å². The Morgan fingerprint density at radius 1 is 0.875 bits per heavy atom. The second kappa shape index (κ2) is 8.49. The van der Waals surface area contributed by atoms with Gasteiger partial charge in [0.2, 0.25) is 5.11 Å². The van der Waals surface area contributed by atoms with Gasteiger partial charge in [-0.1, -0.05) is 23.2 Å². The quantitative estimate of drug-likeness (QED) is 0.370. The number of aromatic hydroxyl groups is 2. The number of nitrogens with one attached hydrogen (secondary N) is 2. The van der Waals surface area contributed by atoms with Crippen LogP contribution in [0.5, 0.6) is 11.5 Å². The Balaban J connectivity index is 1.89. The lowest BCUT2D eigenvalue weighted by molar-refractivity contribution is 0.474. The van der Waals surface area contributed by atoms with E-state index in [1.807, 2.05) is 0 Å². The lowest BCUT2D eigenvalue weighted by Crippen LogP contribution is -2.28. The standard InChI is InChI=1S/C15H12Cl2N4O2S/c16-11-1-3-13(22)9(5-11)7-18-20-15(24)21-19-8-10-6-12(17)2-4-14(10)23/h1-8,22-23H,(H2,20,21,24)/b18-7+,19-8+. The van der Waals surface area contributed by atoms with E-state index in [1.54, 1.807) is 24.3 Å². The van der Waals surface area contributed by atoms with Crippen LogP contribution in [0.2, 0.25) is 10.0 Å². The van der Waals surface area contributed by atoms with Gasteiger partial charge in [-0.3, -0.25) is 10.9 Å². The van der Waals surface area contributed by atoms with Crippen LogP contribution >= 0.6 is 35.4 Å². The molecule has 0 radical (unpaired) electrons. The molecule has 0 atom stereocenters. The molecule has 9 heteroatoms. The van der Waals surface area contributed by atoms with Gasteiger partial charge in [-0.25, -0.2) is 0 Å². The Morgan fingerprint density at radius 2 is 1.29 bits per heavy atom. The summed E-state index contributed by atoms with van der Waals surface area (Å²) in [5, 5.41) is 28.0. The molecule has 124 valence electrons. The molecule has 24 heavy (non-hydrogen) atoms. The molecule has 0 aliphatic heterocycles. The van der Waals surface area contributed by atoms with E-state index >= 15 is 0 Å². The average molecular weight is 383 g/mol. The Hall–Kier alpha value is -2.35. The first-order valence-electron chi connectivity index (χ1n) is 6.55. The Labute approximate surface area is 153 Å². The van der Waals surface area contributed by atoms with Crippen molar-refractivity contribution < 1.29 is 10.2 Å². The number of phenols is 2. The molecule has 0 spiro atoms. The summed E-state index contributed by atoms with van der Waals surface area (Å²) < 4.78 is 0. The molecule has 0 saturated carbocycles. The minimum Gasteiger partial charge on any atom is -0.507 e. The molecule has 2 aromatic carbocycles. The fourth-order valence-corrected chi connectivity index (χ4v) is 2.07. The van der Waals surface area contributed by atoms with E-state index < -0.39 is 0 Å². The first-order chi connectivity index (χ1) is 11.5. The highest BCUT2D eigenvalue weighted by Crippen LogP contribution is 2.20. The van der Waals surface area contributed by atoms with Gasteiger partial charge in [-0.2, -0.15) is 10.2 Å². The van der Waals surface area contributed by atoms with Crippen LogP contribution in [0.1, 0.15) is 11.1 Å². The molecule has 0 aliphatic rings. The first kappa shape index (κ1) is 18.0. The predicted octanol–water partition coefficient (Wildman–Crippen LogP) is 3.24. The minimum absolute atomic E-state index is 0.0401. The second-order valence-corrected chi connectivity index (χ2v) is 5.76. The molecule has 0 saturated heterocycles. The molecular weight excluding hydrogens is 371 g/mol. The predicted molar refractivity (Wildman–Crippen MR) is 100 cm³/mol. The summed E-state index contributed by atoms with van der Waals surface area (Å²) in [7, 11) is 0. The van der Waals surface area contributed by atoms with Crippen molar-refractivity contribution in [1.82, 2.24) is 10.9 Å². The molecule has 2 rings (SSSR count). The van der Waals surface area contributed by atoms with Crippen LogP contribution in [-0.2, 0) is 0 Å². The smallest absolute Gasteiger partial charge is 0.207 e. The van der Waals surface area contributed by atoms with Crippen molar-refractivity contribution in [2.45, 2.75) is 0 Å². The summed E-state index contributed by atoms with van der Waals surface area (Å²) >= 11 is 16.6. The van der Waals surface area contributed by atoms with E-state index in [0.29, 0.717) is 21.2 Å². The Morgan fingerprint density at radius 3 is 1.71 bits per heavy atom. The van der Waals surface area contributed by atoms with Gasteiger partial charge < -0.3 is 10.2 Å². The van der Waals surface area contributed by atoms with E-state index in [9.17, 15) is 10.2 Å². The van der Waals surface area contributed by atoms with E-state index in [2.05, 4.69) is 21.1 Å². The topological polar surface area (TPSA) is 89.2 Å². The van der Waals surface area contributed by atoms with Crippen LogP contribution in [0.4, 0.5) is 0 Å². The van der Waals surface area contributed by atoms with Crippen LogP contribution in [0.15, 0.2) is 46.6 Å². The molecule has 6 nitrogen and oxygen atoms in total. The normalized spacial score (nSPS) is 11.1. The summed E-state index contributed by atoms with van der Waals surface area (Å²) in [6.07, 6.45) is 2.73. The van der Waals surface area contributed by atoms with Crippen LogP contribution in [0.3, 0.4) is 0 Å². The number of rotatable bonds is 4. The third kappa shape index (κ3) is 5.38. The number of hydrogen-bond donors (Lipinski definition) is 4. The number of hydrogen-bond acceptors (Lipinski definition) is 5. The third-order valence-electron chi connectivity index (χ3n) is 2.72. The van der Waals surface area contributed by atoms with E-state index in [0.717, 1.165) is 0 Å². The molecule has 0 unspecified atom stereocenters. The van der Waals surface area contributed by atoms with Crippen molar-refractivity contribution in [1.29, 1.82) is 0 Å².